The van der Waals surface area contributed by atoms with Gasteiger partial charge in [-0.05, 0) is 70.7 Å². The highest BCUT2D eigenvalue weighted by molar-refractivity contribution is 9.10. The van der Waals surface area contributed by atoms with Crippen molar-refractivity contribution in [3.63, 3.8) is 0 Å². The fourth-order valence-electron chi connectivity index (χ4n) is 1.81. The number of ether oxygens (including phenoxy) is 1. The van der Waals surface area contributed by atoms with E-state index >= 15 is 0 Å². The summed E-state index contributed by atoms with van der Waals surface area (Å²) in [5, 5.41) is 0.731. The highest BCUT2D eigenvalue weighted by Crippen LogP contribution is 2.27. The lowest BCUT2D eigenvalue weighted by atomic mass is 10.2. The van der Waals surface area contributed by atoms with Crippen LogP contribution in [0.1, 0.15) is 24.5 Å². The standard InChI is InChI=1S/C17H17BrClNO/c1-3-9-21-17-8-7-13(10-14(17)18)11-20-16-6-4-5-15(19)12(16)2/h4-8,10-11H,3,9H2,1-2H3. The molecule has 0 bridgehead atoms. The van der Waals surface area contributed by atoms with E-state index in [0.717, 1.165) is 38.5 Å². The molecule has 0 saturated carbocycles. The first kappa shape index (κ1) is 16.1. The number of aliphatic imine (C=N–C) groups is 1. The number of rotatable bonds is 5. The number of benzene rings is 2. The lowest BCUT2D eigenvalue weighted by molar-refractivity contribution is 0.315. The van der Waals surface area contributed by atoms with Gasteiger partial charge in [0.05, 0.1) is 16.8 Å². The van der Waals surface area contributed by atoms with Crippen LogP contribution in [0.3, 0.4) is 0 Å². The Balaban J connectivity index is 2.18. The van der Waals surface area contributed by atoms with E-state index in [1.807, 2.05) is 49.5 Å². The average Bonchev–Trinajstić information content (AvgIpc) is 2.48. The predicted molar refractivity (Wildman–Crippen MR) is 93.4 cm³/mol. The molecule has 0 unspecified atom stereocenters. The zero-order valence-electron chi connectivity index (χ0n) is 12.1. The van der Waals surface area contributed by atoms with Crippen LogP contribution in [-0.4, -0.2) is 12.8 Å². The summed E-state index contributed by atoms with van der Waals surface area (Å²) in [4.78, 5) is 4.50. The highest BCUT2D eigenvalue weighted by Gasteiger charge is 2.02. The summed E-state index contributed by atoms with van der Waals surface area (Å²) in [5.74, 6) is 0.855. The van der Waals surface area contributed by atoms with Crippen LogP contribution in [0.4, 0.5) is 5.69 Å². The average molecular weight is 367 g/mol. The second kappa shape index (κ2) is 7.62. The zero-order valence-corrected chi connectivity index (χ0v) is 14.4. The monoisotopic (exact) mass is 365 g/mol. The Morgan fingerprint density at radius 1 is 1.29 bits per heavy atom. The van der Waals surface area contributed by atoms with Crippen molar-refractivity contribution in [3.8, 4) is 5.75 Å². The smallest absolute Gasteiger partial charge is 0.133 e. The third kappa shape index (κ3) is 4.32. The van der Waals surface area contributed by atoms with Crippen molar-refractivity contribution in [1.82, 2.24) is 0 Å². The molecule has 0 fully saturated rings. The van der Waals surface area contributed by atoms with E-state index < -0.39 is 0 Å². The molecule has 110 valence electrons. The van der Waals surface area contributed by atoms with Gasteiger partial charge in [-0.1, -0.05) is 24.6 Å². The van der Waals surface area contributed by atoms with Crippen molar-refractivity contribution in [1.29, 1.82) is 0 Å². The number of hydrogen-bond donors (Lipinski definition) is 0. The largest absolute Gasteiger partial charge is 0.492 e. The minimum Gasteiger partial charge on any atom is -0.492 e. The molecule has 2 aromatic carbocycles. The van der Waals surface area contributed by atoms with Gasteiger partial charge in [0.2, 0.25) is 0 Å². The predicted octanol–water partition coefficient (Wildman–Crippen LogP) is 5.95. The Labute approximate surface area is 138 Å². The van der Waals surface area contributed by atoms with Gasteiger partial charge in [-0.3, -0.25) is 4.99 Å². The van der Waals surface area contributed by atoms with Crippen LogP contribution >= 0.6 is 27.5 Å². The van der Waals surface area contributed by atoms with Crippen LogP contribution < -0.4 is 4.74 Å². The van der Waals surface area contributed by atoms with E-state index in [2.05, 4.69) is 27.8 Å². The lowest BCUT2D eigenvalue weighted by Gasteiger charge is -2.07. The lowest BCUT2D eigenvalue weighted by Crippen LogP contribution is -1.96. The third-order valence-corrected chi connectivity index (χ3v) is 4.04. The number of hydrogen-bond acceptors (Lipinski definition) is 2. The van der Waals surface area contributed by atoms with Gasteiger partial charge >= 0.3 is 0 Å². The van der Waals surface area contributed by atoms with Gasteiger partial charge < -0.3 is 4.74 Å². The van der Waals surface area contributed by atoms with Crippen LogP contribution in [0.2, 0.25) is 5.02 Å². The van der Waals surface area contributed by atoms with Crippen molar-refractivity contribution in [2.75, 3.05) is 6.61 Å². The highest BCUT2D eigenvalue weighted by atomic mass is 79.9. The van der Waals surface area contributed by atoms with Crippen LogP contribution in [0.5, 0.6) is 5.75 Å². The Kier molecular flexibility index (Phi) is 5.83. The molecule has 2 rings (SSSR count). The fourth-order valence-corrected chi connectivity index (χ4v) is 2.49. The first-order valence-electron chi connectivity index (χ1n) is 6.83. The van der Waals surface area contributed by atoms with Crippen LogP contribution in [0, 0.1) is 6.92 Å². The Morgan fingerprint density at radius 2 is 2.10 bits per heavy atom. The molecule has 2 aromatic rings. The van der Waals surface area contributed by atoms with E-state index in [9.17, 15) is 0 Å². The molecule has 0 aliphatic heterocycles. The first-order chi connectivity index (χ1) is 10.1. The minimum atomic E-state index is 0.716. The molecule has 0 aliphatic rings. The molecule has 0 saturated heterocycles. The van der Waals surface area contributed by atoms with Gasteiger partial charge in [-0.15, -0.1) is 0 Å². The molecule has 2 nitrogen and oxygen atoms in total. The first-order valence-corrected chi connectivity index (χ1v) is 8.00. The molecule has 0 heterocycles. The third-order valence-electron chi connectivity index (χ3n) is 3.01. The van der Waals surface area contributed by atoms with Gasteiger partial charge in [0, 0.05) is 11.2 Å². The van der Waals surface area contributed by atoms with Gasteiger partial charge in [0.25, 0.3) is 0 Å². The molecular formula is C17H17BrClNO. The zero-order chi connectivity index (χ0) is 15.2. The van der Waals surface area contributed by atoms with Crippen molar-refractivity contribution in [3.05, 3.63) is 57.0 Å². The van der Waals surface area contributed by atoms with E-state index in [4.69, 9.17) is 16.3 Å². The van der Waals surface area contributed by atoms with Gasteiger partial charge in [-0.2, -0.15) is 0 Å². The van der Waals surface area contributed by atoms with Crippen LogP contribution in [-0.2, 0) is 0 Å². The number of nitrogens with zero attached hydrogens (tertiary/aromatic N) is 1. The fraction of sp³-hybridized carbons (Fsp3) is 0.235. The second-order valence-electron chi connectivity index (χ2n) is 4.68. The molecule has 0 aromatic heterocycles. The SMILES string of the molecule is CCCOc1ccc(C=Nc2cccc(Cl)c2C)cc1Br. The summed E-state index contributed by atoms with van der Waals surface area (Å²) in [6, 6.07) is 11.6. The van der Waals surface area contributed by atoms with Gasteiger partial charge in [0.15, 0.2) is 0 Å². The molecule has 4 heteroatoms. The molecule has 0 spiro atoms. The number of halogens is 2. The second-order valence-corrected chi connectivity index (χ2v) is 5.94. The molecule has 0 N–H and O–H groups in total. The van der Waals surface area contributed by atoms with Gasteiger partial charge in [-0.25, -0.2) is 0 Å². The topological polar surface area (TPSA) is 21.6 Å². The molecule has 0 radical (unpaired) electrons. The van der Waals surface area contributed by atoms with Crippen molar-refractivity contribution in [2.24, 2.45) is 4.99 Å². The Hall–Kier alpha value is -1.32. The van der Waals surface area contributed by atoms with Crippen molar-refractivity contribution < 1.29 is 4.74 Å². The Bertz CT molecular complexity index is 655. The summed E-state index contributed by atoms with van der Waals surface area (Å²) in [6.45, 7) is 4.77. The van der Waals surface area contributed by atoms with E-state index in [1.54, 1.807) is 0 Å². The van der Waals surface area contributed by atoms with E-state index in [0.29, 0.717) is 6.61 Å². The normalized spacial score (nSPS) is 11.0. The quantitative estimate of drug-likeness (QED) is 0.599. The Morgan fingerprint density at radius 3 is 2.81 bits per heavy atom. The van der Waals surface area contributed by atoms with E-state index in [1.165, 1.54) is 0 Å². The summed E-state index contributed by atoms with van der Waals surface area (Å²) in [7, 11) is 0. The summed E-state index contributed by atoms with van der Waals surface area (Å²) >= 11 is 9.61. The van der Waals surface area contributed by atoms with E-state index in [-0.39, 0.29) is 0 Å². The summed E-state index contributed by atoms with van der Waals surface area (Å²) in [5.41, 5.74) is 2.87. The van der Waals surface area contributed by atoms with Crippen LogP contribution in [0.25, 0.3) is 0 Å². The van der Waals surface area contributed by atoms with Crippen molar-refractivity contribution >= 4 is 39.4 Å². The maximum atomic E-state index is 6.09. The molecule has 0 aliphatic carbocycles. The van der Waals surface area contributed by atoms with Crippen LogP contribution in [0.15, 0.2) is 45.9 Å². The summed E-state index contributed by atoms with van der Waals surface area (Å²) in [6.07, 6.45) is 2.82. The maximum Gasteiger partial charge on any atom is 0.133 e. The molecular weight excluding hydrogens is 350 g/mol. The van der Waals surface area contributed by atoms with Gasteiger partial charge in [0.1, 0.15) is 5.75 Å². The maximum absolute atomic E-state index is 6.09. The summed E-state index contributed by atoms with van der Waals surface area (Å²) < 4.78 is 6.56. The minimum absolute atomic E-state index is 0.716. The molecule has 21 heavy (non-hydrogen) atoms. The molecule has 0 atom stereocenters. The molecule has 0 amide bonds. The van der Waals surface area contributed by atoms with Crippen molar-refractivity contribution in [2.45, 2.75) is 20.3 Å².